The second-order valence-corrected chi connectivity index (χ2v) is 11.3. The number of hydrogen-bond donors (Lipinski definition) is 1. The molecule has 6 rings (SSSR count). The SMILES string of the molecule is CC1=CS(=O)NN=C1c1cc(Oc2cccc(F)c2F)c(-c2ccccc2)c(C2N=NC(C)=C(C)C2=O)c1-c1ccccc1. The highest BCUT2D eigenvalue weighted by molar-refractivity contribution is 7.86. The van der Waals surface area contributed by atoms with Crippen LogP contribution >= 0.6 is 0 Å². The number of ketones is 1. The molecule has 0 amide bonds. The van der Waals surface area contributed by atoms with Gasteiger partial charge in [-0.25, -0.2) is 13.4 Å². The molecule has 0 aromatic heterocycles. The van der Waals surface area contributed by atoms with E-state index in [-0.39, 0.29) is 17.3 Å². The van der Waals surface area contributed by atoms with Gasteiger partial charge in [-0.15, -0.1) is 0 Å². The topological polar surface area (TPSA) is 92.5 Å². The molecule has 0 saturated heterocycles. The van der Waals surface area contributed by atoms with Gasteiger partial charge in [-0.3, -0.25) is 4.79 Å². The third kappa shape index (κ3) is 5.28. The van der Waals surface area contributed by atoms with Crippen molar-refractivity contribution in [3.8, 4) is 33.8 Å². The minimum atomic E-state index is -1.53. The van der Waals surface area contributed by atoms with Gasteiger partial charge in [0.15, 0.2) is 34.4 Å². The van der Waals surface area contributed by atoms with Crippen molar-refractivity contribution >= 4 is 22.5 Å². The fraction of sp³-hybridized carbons (Fsp3) is 0.118. The van der Waals surface area contributed by atoms with E-state index >= 15 is 4.39 Å². The summed E-state index contributed by atoms with van der Waals surface area (Å²) < 4.78 is 47.9. The highest BCUT2D eigenvalue weighted by Gasteiger charge is 2.36. The largest absolute Gasteiger partial charge is 0.453 e. The third-order valence-corrected chi connectivity index (χ3v) is 8.35. The van der Waals surface area contributed by atoms with Crippen molar-refractivity contribution in [1.29, 1.82) is 0 Å². The lowest BCUT2D eigenvalue weighted by molar-refractivity contribution is -0.117. The van der Waals surface area contributed by atoms with Crippen molar-refractivity contribution in [2.45, 2.75) is 26.8 Å². The third-order valence-electron chi connectivity index (χ3n) is 7.51. The van der Waals surface area contributed by atoms with Crippen LogP contribution in [0.4, 0.5) is 8.78 Å². The molecule has 2 aliphatic rings. The van der Waals surface area contributed by atoms with Crippen LogP contribution < -0.4 is 9.57 Å². The Kier molecular flexibility index (Phi) is 7.84. The van der Waals surface area contributed by atoms with Gasteiger partial charge in [0, 0.05) is 27.7 Å². The molecule has 10 heteroatoms. The molecule has 2 atom stereocenters. The van der Waals surface area contributed by atoms with Gasteiger partial charge < -0.3 is 4.74 Å². The normalized spacial score (nSPS) is 18.1. The van der Waals surface area contributed by atoms with Crippen molar-refractivity contribution in [3.05, 3.63) is 130 Å². The minimum absolute atomic E-state index is 0.138. The molecule has 4 aromatic carbocycles. The number of hydrazone groups is 1. The molecule has 4 aromatic rings. The predicted molar refractivity (Wildman–Crippen MR) is 166 cm³/mol. The summed E-state index contributed by atoms with van der Waals surface area (Å²) in [6, 6.07) is 22.9. The highest BCUT2D eigenvalue weighted by atomic mass is 32.2. The summed E-state index contributed by atoms with van der Waals surface area (Å²) in [4.78, 5) is 16.6. The summed E-state index contributed by atoms with van der Waals surface area (Å²) in [6.45, 7) is 5.19. The van der Waals surface area contributed by atoms with Gasteiger partial charge in [0.25, 0.3) is 0 Å². The lowest BCUT2D eigenvalue weighted by Crippen LogP contribution is -2.22. The number of azo groups is 1. The maximum Gasteiger partial charge on any atom is 0.201 e. The molecule has 1 N–H and O–H groups in total. The second-order valence-electron chi connectivity index (χ2n) is 10.3. The molecule has 44 heavy (non-hydrogen) atoms. The molecule has 0 bridgehead atoms. The molecule has 0 fully saturated rings. The second kappa shape index (κ2) is 11.9. The van der Waals surface area contributed by atoms with E-state index in [0.29, 0.717) is 50.4 Å². The Morgan fingerprint density at radius 1 is 0.841 bits per heavy atom. The number of hydrogen-bond acceptors (Lipinski definition) is 6. The summed E-state index contributed by atoms with van der Waals surface area (Å²) in [5.74, 6) is -2.69. The van der Waals surface area contributed by atoms with Crippen molar-refractivity contribution in [2.24, 2.45) is 15.3 Å². The van der Waals surface area contributed by atoms with Crippen LogP contribution in [-0.4, -0.2) is 15.7 Å². The fourth-order valence-corrected chi connectivity index (χ4v) is 5.92. The number of rotatable bonds is 6. The van der Waals surface area contributed by atoms with E-state index in [2.05, 4.69) is 20.2 Å². The standard InChI is InChI=1S/C34H26F2N4O3S/c1-19-18-44(42)40-39-32(19)24-17-27(43-26-16-10-15-25(35)31(26)36)29(23-13-8-5-9-14-23)30(28(24)22-11-6-4-7-12-22)33-34(41)20(2)21(3)37-38-33/h4-18,33,40H,1-3H3. The Balaban J connectivity index is 1.78. The first kappa shape index (κ1) is 29.0. The molecule has 2 unspecified atom stereocenters. The number of ether oxygens (including phenoxy) is 1. The smallest absolute Gasteiger partial charge is 0.201 e. The molecular weight excluding hydrogens is 582 g/mol. The lowest BCUT2D eigenvalue weighted by Gasteiger charge is -2.28. The molecule has 7 nitrogen and oxygen atoms in total. The van der Waals surface area contributed by atoms with Crippen LogP contribution in [0, 0.1) is 11.6 Å². The summed E-state index contributed by atoms with van der Waals surface area (Å²) in [7, 11) is -1.53. The summed E-state index contributed by atoms with van der Waals surface area (Å²) in [5, 5.41) is 14.8. The number of allylic oxidation sites excluding steroid dienone is 2. The van der Waals surface area contributed by atoms with E-state index in [1.165, 1.54) is 17.5 Å². The maximum absolute atomic E-state index is 15.1. The van der Waals surface area contributed by atoms with Gasteiger partial charge in [-0.2, -0.15) is 19.7 Å². The fourth-order valence-electron chi connectivity index (χ4n) is 5.26. The van der Waals surface area contributed by atoms with E-state index in [1.807, 2.05) is 60.7 Å². The highest BCUT2D eigenvalue weighted by Crippen LogP contribution is 2.49. The van der Waals surface area contributed by atoms with E-state index < -0.39 is 28.7 Å². The van der Waals surface area contributed by atoms with Gasteiger partial charge in [0.1, 0.15) is 5.75 Å². The molecule has 0 aliphatic carbocycles. The molecule has 0 radical (unpaired) electrons. The number of Topliss-reactive ketones (excluding diaryl/α,β-unsaturated/α-hetero) is 1. The Morgan fingerprint density at radius 2 is 1.50 bits per heavy atom. The average molecular weight is 609 g/mol. The van der Waals surface area contributed by atoms with E-state index in [0.717, 1.165) is 11.6 Å². The first-order valence-corrected chi connectivity index (χ1v) is 14.9. The number of nitrogens with zero attached hydrogens (tertiary/aromatic N) is 3. The number of benzene rings is 4. The zero-order chi connectivity index (χ0) is 31.0. The van der Waals surface area contributed by atoms with Crippen LogP contribution in [0.15, 0.2) is 123 Å². The van der Waals surface area contributed by atoms with E-state index in [9.17, 15) is 13.4 Å². The summed E-state index contributed by atoms with van der Waals surface area (Å²) >= 11 is 0. The zero-order valence-electron chi connectivity index (χ0n) is 24.0. The first-order chi connectivity index (χ1) is 21.2. The molecular formula is C34H26F2N4O3S. The Morgan fingerprint density at radius 3 is 2.16 bits per heavy atom. The van der Waals surface area contributed by atoms with Gasteiger partial charge in [-0.05, 0) is 61.2 Å². The predicted octanol–water partition coefficient (Wildman–Crippen LogP) is 8.34. The zero-order valence-corrected chi connectivity index (χ0v) is 24.8. The number of carbonyl (C=O) groups excluding carboxylic acids is 1. The molecule has 0 saturated carbocycles. The Labute approximate surface area is 255 Å². The summed E-state index contributed by atoms with van der Waals surface area (Å²) in [6.07, 6.45) is 0. The molecule has 2 heterocycles. The molecule has 220 valence electrons. The van der Waals surface area contributed by atoms with Crippen LogP contribution in [-0.2, 0) is 15.8 Å². The first-order valence-electron chi connectivity index (χ1n) is 13.7. The Hall–Kier alpha value is -5.09. The van der Waals surface area contributed by atoms with E-state index in [4.69, 9.17) is 4.74 Å². The maximum atomic E-state index is 15.1. The van der Waals surface area contributed by atoms with Crippen molar-refractivity contribution in [3.63, 3.8) is 0 Å². The quantitative estimate of drug-likeness (QED) is 0.239. The van der Waals surface area contributed by atoms with Crippen LogP contribution in [0.3, 0.4) is 0 Å². The number of halogens is 2. The lowest BCUT2D eigenvalue weighted by atomic mass is 9.80. The van der Waals surface area contributed by atoms with Crippen LogP contribution in [0.25, 0.3) is 22.3 Å². The monoisotopic (exact) mass is 608 g/mol. The van der Waals surface area contributed by atoms with Gasteiger partial charge in [0.2, 0.25) is 5.82 Å². The molecule has 0 spiro atoms. The van der Waals surface area contributed by atoms with Gasteiger partial charge >= 0.3 is 0 Å². The van der Waals surface area contributed by atoms with Crippen LogP contribution in [0.5, 0.6) is 11.5 Å². The summed E-state index contributed by atoms with van der Waals surface area (Å²) in [5.41, 5.74) is 5.41. The van der Waals surface area contributed by atoms with Crippen molar-refractivity contribution < 1.29 is 22.5 Å². The van der Waals surface area contributed by atoms with Crippen molar-refractivity contribution in [1.82, 2.24) is 4.83 Å². The van der Waals surface area contributed by atoms with Crippen LogP contribution in [0.2, 0.25) is 0 Å². The number of nitrogens with one attached hydrogen (secondary N) is 1. The minimum Gasteiger partial charge on any atom is -0.453 e. The number of carbonyl (C=O) groups is 1. The van der Waals surface area contributed by atoms with Gasteiger partial charge in [0.05, 0.1) is 11.4 Å². The molecule has 2 aliphatic heterocycles. The average Bonchev–Trinajstić information content (AvgIpc) is 3.02. The Bertz CT molecular complexity index is 1950. The van der Waals surface area contributed by atoms with Crippen molar-refractivity contribution in [2.75, 3.05) is 0 Å². The van der Waals surface area contributed by atoms with Gasteiger partial charge in [-0.1, -0.05) is 66.7 Å². The van der Waals surface area contributed by atoms with Crippen LogP contribution in [0.1, 0.15) is 37.9 Å². The van der Waals surface area contributed by atoms with E-state index in [1.54, 1.807) is 26.8 Å².